The number of piperidine rings is 1. The van der Waals surface area contributed by atoms with Gasteiger partial charge in [-0.15, -0.1) is 0 Å². The maximum atomic E-state index is 11.3. The molecule has 0 radical (unpaired) electrons. The molecule has 1 saturated heterocycles. The fraction of sp³-hybridized carbons (Fsp3) is 0.545. The second-order valence-corrected chi connectivity index (χ2v) is 7.88. The average molecular weight is 383 g/mol. The summed E-state index contributed by atoms with van der Waals surface area (Å²) in [5.74, 6) is 0.270. The zero-order valence-electron chi connectivity index (χ0n) is 16.7. The lowest BCUT2D eigenvalue weighted by molar-refractivity contribution is -0.120. The summed E-state index contributed by atoms with van der Waals surface area (Å²) in [6.07, 6.45) is 6.70. The highest BCUT2D eigenvalue weighted by molar-refractivity contribution is 6.00. The van der Waals surface area contributed by atoms with E-state index in [2.05, 4.69) is 26.2 Å². The molecular weight excluding hydrogens is 352 g/mol. The third kappa shape index (κ3) is 3.78. The van der Waals surface area contributed by atoms with E-state index in [0.29, 0.717) is 12.5 Å². The van der Waals surface area contributed by atoms with Crippen molar-refractivity contribution in [3.63, 3.8) is 0 Å². The number of carbonyl (C=O) groups is 1. The van der Waals surface area contributed by atoms with Gasteiger partial charge in [0.2, 0.25) is 11.8 Å². The molecule has 4 rings (SSSR count). The van der Waals surface area contributed by atoms with Crippen LogP contribution in [0, 0.1) is 0 Å². The molecule has 2 aromatic rings. The quantitative estimate of drug-likeness (QED) is 0.752. The van der Waals surface area contributed by atoms with Crippen molar-refractivity contribution in [1.82, 2.24) is 15.2 Å². The predicted octanol–water partition coefficient (Wildman–Crippen LogP) is 2.68. The van der Waals surface area contributed by atoms with Gasteiger partial charge in [-0.2, -0.15) is 0 Å². The summed E-state index contributed by atoms with van der Waals surface area (Å²) >= 11 is 0. The van der Waals surface area contributed by atoms with E-state index in [1.807, 2.05) is 25.3 Å². The number of likely N-dealkylation sites (tertiary alicyclic amines) is 1. The van der Waals surface area contributed by atoms with Crippen molar-refractivity contribution >= 4 is 22.4 Å². The first-order chi connectivity index (χ1) is 13.7. The van der Waals surface area contributed by atoms with E-state index in [-0.39, 0.29) is 11.8 Å². The van der Waals surface area contributed by atoms with Gasteiger partial charge in [0, 0.05) is 61.3 Å². The van der Waals surface area contributed by atoms with Gasteiger partial charge in [0.25, 0.3) is 0 Å². The van der Waals surface area contributed by atoms with Gasteiger partial charge < -0.3 is 20.2 Å². The largest absolute Gasteiger partial charge is 0.493 e. The Balaban J connectivity index is 1.37. The van der Waals surface area contributed by atoms with E-state index in [9.17, 15) is 9.90 Å². The lowest BCUT2D eigenvalue weighted by Crippen LogP contribution is -2.47. The Labute approximate surface area is 166 Å². The van der Waals surface area contributed by atoms with Gasteiger partial charge in [-0.3, -0.25) is 4.79 Å². The second kappa shape index (κ2) is 8.35. The maximum Gasteiger partial charge on any atom is 0.219 e. The van der Waals surface area contributed by atoms with E-state index in [0.717, 1.165) is 63.8 Å². The molecule has 1 aromatic carbocycles. The smallest absolute Gasteiger partial charge is 0.219 e. The molecule has 0 aliphatic carbocycles. The number of nitrogens with zero attached hydrogens (tertiary/aromatic N) is 3. The molecule has 28 heavy (non-hydrogen) atoms. The zero-order chi connectivity index (χ0) is 19.5. The number of rotatable bonds is 6. The van der Waals surface area contributed by atoms with E-state index >= 15 is 0 Å². The molecule has 0 saturated carbocycles. The minimum Gasteiger partial charge on any atom is -0.493 e. The van der Waals surface area contributed by atoms with E-state index in [4.69, 9.17) is 0 Å². The van der Waals surface area contributed by atoms with Gasteiger partial charge in [-0.1, -0.05) is 13.0 Å². The van der Waals surface area contributed by atoms with Gasteiger partial charge >= 0.3 is 0 Å². The number of hydrogen-bond donors (Lipinski definition) is 2. The highest BCUT2D eigenvalue weighted by Crippen LogP contribution is 2.39. The Hall–Kier alpha value is -2.34. The van der Waals surface area contributed by atoms with Crippen molar-refractivity contribution < 1.29 is 9.90 Å². The van der Waals surface area contributed by atoms with Crippen molar-refractivity contribution in [3.05, 3.63) is 30.0 Å². The van der Waals surface area contributed by atoms with Crippen LogP contribution in [0.5, 0.6) is 5.88 Å². The zero-order valence-corrected chi connectivity index (χ0v) is 16.7. The van der Waals surface area contributed by atoms with E-state index in [1.54, 1.807) is 0 Å². The summed E-state index contributed by atoms with van der Waals surface area (Å²) in [7, 11) is 0. The molecular formula is C22H30N4O2. The van der Waals surface area contributed by atoms with Crippen LogP contribution in [0.2, 0.25) is 0 Å². The molecule has 150 valence electrons. The normalized spacial score (nSPS) is 17.8. The first kappa shape index (κ1) is 19.0. The minimum absolute atomic E-state index is 0.132. The van der Waals surface area contributed by atoms with Crippen molar-refractivity contribution in [1.29, 1.82) is 0 Å². The fourth-order valence-electron chi connectivity index (χ4n) is 4.62. The summed E-state index contributed by atoms with van der Waals surface area (Å²) in [6.45, 7) is 6.94. The van der Waals surface area contributed by atoms with Crippen molar-refractivity contribution in [2.75, 3.05) is 37.6 Å². The van der Waals surface area contributed by atoms with Crippen LogP contribution >= 0.6 is 0 Å². The van der Waals surface area contributed by atoms with Crippen LogP contribution in [-0.4, -0.2) is 59.7 Å². The second-order valence-electron chi connectivity index (χ2n) is 7.88. The Morgan fingerprint density at radius 3 is 2.89 bits per heavy atom. The Bertz CT molecular complexity index is 846. The average Bonchev–Trinajstić information content (AvgIpc) is 2.74. The summed E-state index contributed by atoms with van der Waals surface area (Å²) in [5.41, 5.74) is 2.49. The van der Waals surface area contributed by atoms with Crippen LogP contribution in [0.15, 0.2) is 24.4 Å². The van der Waals surface area contributed by atoms with Crippen LogP contribution in [0.25, 0.3) is 10.8 Å². The van der Waals surface area contributed by atoms with Gasteiger partial charge in [0.05, 0.1) is 0 Å². The summed E-state index contributed by atoms with van der Waals surface area (Å²) < 4.78 is 0. The third-order valence-corrected chi connectivity index (χ3v) is 6.17. The van der Waals surface area contributed by atoms with Gasteiger partial charge in [-0.05, 0) is 49.9 Å². The molecule has 6 nitrogen and oxygen atoms in total. The van der Waals surface area contributed by atoms with Gasteiger partial charge in [0.1, 0.15) is 0 Å². The summed E-state index contributed by atoms with van der Waals surface area (Å²) in [4.78, 5) is 20.5. The molecule has 1 aromatic heterocycles. The predicted molar refractivity (Wildman–Crippen MR) is 112 cm³/mol. The Morgan fingerprint density at radius 2 is 2.11 bits per heavy atom. The molecule has 0 spiro atoms. The SMILES string of the molecule is CCC(=O)NCCCN1CCC(N2CCc3cnc(O)c4cccc2c34)CC1. The lowest BCUT2D eigenvalue weighted by atomic mass is 9.94. The maximum absolute atomic E-state index is 11.3. The lowest BCUT2D eigenvalue weighted by Gasteiger charge is -2.42. The number of amides is 1. The monoisotopic (exact) mass is 382 g/mol. The van der Waals surface area contributed by atoms with Crippen molar-refractivity contribution in [3.8, 4) is 5.88 Å². The minimum atomic E-state index is 0.132. The van der Waals surface area contributed by atoms with Crippen LogP contribution in [-0.2, 0) is 11.2 Å². The highest BCUT2D eigenvalue weighted by Gasteiger charge is 2.29. The Kier molecular flexibility index (Phi) is 5.67. The van der Waals surface area contributed by atoms with Crippen LogP contribution in [0.4, 0.5) is 5.69 Å². The highest BCUT2D eigenvalue weighted by atomic mass is 16.3. The number of nitrogens with one attached hydrogen (secondary N) is 1. The van der Waals surface area contributed by atoms with Crippen LogP contribution in [0.3, 0.4) is 0 Å². The van der Waals surface area contributed by atoms with Gasteiger partial charge in [-0.25, -0.2) is 4.98 Å². The number of benzene rings is 1. The molecule has 0 unspecified atom stereocenters. The van der Waals surface area contributed by atoms with E-state index in [1.165, 1.54) is 16.6 Å². The van der Waals surface area contributed by atoms with E-state index < -0.39 is 0 Å². The molecule has 2 N–H and O–H groups in total. The van der Waals surface area contributed by atoms with Gasteiger partial charge in [0.15, 0.2) is 0 Å². The molecule has 0 bridgehead atoms. The third-order valence-electron chi connectivity index (χ3n) is 6.17. The number of anilines is 1. The molecule has 6 heteroatoms. The Morgan fingerprint density at radius 1 is 1.29 bits per heavy atom. The number of aromatic hydroxyl groups is 1. The molecule has 3 heterocycles. The number of hydrogen-bond acceptors (Lipinski definition) is 5. The fourth-order valence-corrected chi connectivity index (χ4v) is 4.62. The molecule has 0 atom stereocenters. The first-order valence-corrected chi connectivity index (χ1v) is 10.5. The standard InChI is InChI=1S/C22H30N4O2/c1-2-20(27)23-10-4-11-25-12-8-17(9-13-25)26-14-7-16-15-24-22(28)18-5-3-6-19(26)21(16)18/h3,5-6,15,17H,2,4,7-14H2,1H3,(H,23,27)(H,24,28). The van der Waals surface area contributed by atoms with Crippen molar-refractivity contribution in [2.24, 2.45) is 0 Å². The molecule has 2 aliphatic heterocycles. The van der Waals surface area contributed by atoms with Crippen LogP contribution < -0.4 is 10.2 Å². The first-order valence-electron chi connectivity index (χ1n) is 10.5. The summed E-state index contributed by atoms with van der Waals surface area (Å²) in [5, 5.41) is 15.2. The summed E-state index contributed by atoms with van der Waals surface area (Å²) in [6, 6.07) is 6.73. The number of aromatic nitrogens is 1. The number of carbonyl (C=O) groups excluding carboxylic acids is 1. The topological polar surface area (TPSA) is 68.7 Å². The number of pyridine rings is 1. The van der Waals surface area contributed by atoms with Crippen LogP contribution in [0.1, 0.15) is 38.2 Å². The van der Waals surface area contributed by atoms with Crippen molar-refractivity contribution in [2.45, 2.75) is 45.1 Å². The molecule has 1 amide bonds. The molecule has 2 aliphatic rings. The molecule has 1 fully saturated rings.